The number of hydrogen-bond acceptors (Lipinski definition) is 4. The first-order valence-electron chi connectivity index (χ1n) is 6.18. The van der Waals surface area contributed by atoms with E-state index in [9.17, 15) is 9.59 Å². The first kappa shape index (κ1) is 16.5. The van der Waals surface area contributed by atoms with Crippen molar-refractivity contribution in [2.24, 2.45) is 0 Å². The van der Waals surface area contributed by atoms with Gasteiger partial charge >= 0.3 is 12.0 Å². The smallest absolute Gasteiger partial charge is 0.334 e. The molecule has 0 saturated heterocycles. The molecule has 1 rings (SSSR count). The van der Waals surface area contributed by atoms with Crippen molar-refractivity contribution in [3.63, 3.8) is 0 Å². The summed E-state index contributed by atoms with van der Waals surface area (Å²) in [5.41, 5.74) is -0.168. The lowest BCUT2D eigenvalue weighted by Crippen LogP contribution is -2.45. The van der Waals surface area contributed by atoms with E-state index in [-0.39, 0.29) is 12.0 Å². The average molecular weight is 300 g/mol. The fraction of sp³-hybridized carbons (Fsp3) is 0.538. The van der Waals surface area contributed by atoms with E-state index >= 15 is 0 Å². The molecule has 0 bridgehead atoms. The Hall–Kier alpha value is -1.60. The van der Waals surface area contributed by atoms with Gasteiger partial charge in [0.05, 0.1) is 6.54 Å². The lowest BCUT2D eigenvalue weighted by atomic mass is 9.91. The number of ether oxygens (including phenoxy) is 1. The minimum absolute atomic E-state index is 0.0723. The van der Waals surface area contributed by atoms with Crippen molar-refractivity contribution >= 4 is 23.3 Å². The molecule has 0 aliphatic rings. The van der Waals surface area contributed by atoms with Crippen LogP contribution >= 0.6 is 11.3 Å². The fourth-order valence-corrected chi connectivity index (χ4v) is 2.42. The maximum atomic E-state index is 11.6. The zero-order valence-corrected chi connectivity index (χ0v) is 12.6. The predicted molar refractivity (Wildman–Crippen MR) is 77.2 cm³/mol. The van der Waals surface area contributed by atoms with Gasteiger partial charge in [-0.3, -0.25) is 0 Å². The molecule has 0 aromatic carbocycles. The molecular formula is C13H20N2O4S. The summed E-state index contributed by atoms with van der Waals surface area (Å²) in [7, 11) is 1.29. The molecule has 0 spiro atoms. The van der Waals surface area contributed by atoms with Crippen molar-refractivity contribution in [1.82, 2.24) is 10.6 Å². The Kier molecular flexibility index (Phi) is 5.97. The van der Waals surface area contributed by atoms with E-state index in [4.69, 9.17) is 9.84 Å². The first-order chi connectivity index (χ1) is 9.36. The molecule has 0 aliphatic heterocycles. The van der Waals surface area contributed by atoms with Gasteiger partial charge in [0.1, 0.15) is 0 Å². The molecule has 2 amide bonds. The largest absolute Gasteiger partial charge is 0.479 e. The van der Waals surface area contributed by atoms with Gasteiger partial charge in [-0.25, -0.2) is 9.59 Å². The second-order valence-electron chi connectivity index (χ2n) is 4.99. The Morgan fingerprint density at radius 3 is 2.65 bits per heavy atom. The fourth-order valence-electron chi connectivity index (χ4n) is 1.57. The molecule has 3 N–H and O–H groups in total. The SMILES string of the molecule is COC(CNC(=O)NCC(C)(C)c1cccs1)C(=O)O. The lowest BCUT2D eigenvalue weighted by molar-refractivity contribution is -0.147. The van der Waals surface area contributed by atoms with Crippen LogP contribution < -0.4 is 10.6 Å². The summed E-state index contributed by atoms with van der Waals surface area (Å²) < 4.78 is 4.73. The first-order valence-corrected chi connectivity index (χ1v) is 7.06. The van der Waals surface area contributed by atoms with Gasteiger partial charge in [0.15, 0.2) is 6.10 Å². The van der Waals surface area contributed by atoms with E-state index in [1.165, 1.54) is 12.0 Å². The summed E-state index contributed by atoms with van der Waals surface area (Å²) in [6.45, 7) is 4.46. The average Bonchev–Trinajstić information content (AvgIpc) is 2.91. The summed E-state index contributed by atoms with van der Waals surface area (Å²) in [6.07, 6.45) is -1.04. The Morgan fingerprint density at radius 2 is 2.15 bits per heavy atom. The lowest BCUT2D eigenvalue weighted by Gasteiger charge is -2.24. The highest BCUT2D eigenvalue weighted by Gasteiger charge is 2.23. The number of aliphatic carboxylic acids is 1. The van der Waals surface area contributed by atoms with Gasteiger partial charge in [-0.2, -0.15) is 0 Å². The van der Waals surface area contributed by atoms with Gasteiger partial charge in [0.25, 0.3) is 0 Å². The normalized spacial score (nSPS) is 12.8. The molecule has 112 valence electrons. The number of carboxylic acids is 1. The number of hydrogen-bond donors (Lipinski definition) is 3. The molecule has 0 saturated carbocycles. The Morgan fingerprint density at radius 1 is 1.45 bits per heavy atom. The van der Waals surface area contributed by atoms with Crippen LogP contribution in [0.4, 0.5) is 4.79 Å². The number of amides is 2. The van der Waals surface area contributed by atoms with E-state index in [0.29, 0.717) is 6.54 Å². The summed E-state index contributed by atoms with van der Waals surface area (Å²) in [5.74, 6) is -1.10. The van der Waals surface area contributed by atoms with Crippen molar-refractivity contribution in [1.29, 1.82) is 0 Å². The maximum Gasteiger partial charge on any atom is 0.334 e. The minimum atomic E-state index is -1.10. The van der Waals surface area contributed by atoms with Gasteiger partial charge < -0.3 is 20.5 Å². The number of carbonyl (C=O) groups is 2. The molecule has 1 aromatic heterocycles. The van der Waals surface area contributed by atoms with Crippen LogP contribution in [0.1, 0.15) is 18.7 Å². The molecule has 6 nitrogen and oxygen atoms in total. The van der Waals surface area contributed by atoms with Crippen LogP contribution in [0.2, 0.25) is 0 Å². The van der Waals surface area contributed by atoms with Crippen LogP contribution in [-0.2, 0) is 14.9 Å². The van der Waals surface area contributed by atoms with E-state index in [1.54, 1.807) is 11.3 Å². The van der Waals surface area contributed by atoms with Crippen molar-refractivity contribution in [2.75, 3.05) is 20.2 Å². The van der Waals surface area contributed by atoms with Crippen LogP contribution in [0.25, 0.3) is 0 Å². The summed E-state index contributed by atoms with van der Waals surface area (Å²) in [4.78, 5) is 23.5. The van der Waals surface area contributed by atoms with E-state index in [1.807, 2.05) is 31.4 Å². The number of methoxy groups -OCH3 is 1. The zero-order valence-electron chi connectivity index (χ0n) is 11.8. The number of nitrogens with one attached hydrogen (secondary N) is 2. The standard InChI is InChI=1S/C13H20N2O4S/c1-13(2,10-5-4-6-20-10)8-15-12(18)14-7-9(19-3)11(16)17/h4-6,9H,7-8H2,1-3H3,(H,16,17)(H2,14,15,18). The molecule has 0 radical (unpaired) electrons. The van der Waals surface area contributed by atoms with E-state index in [0.717, 1.165) is 0 Å². The van der Waals surface area contributed by atoms with Crippen molar-refractivity contribution < 1.29 is 19.4 Å². The van der Waals surface area contributed by atoms with Crippen molar-refractivity contribution in [3.8, 4) is 0 Å². The highest BCUT2D eigenvalue weighted by Crippen LogP contribution is 2.26. The monoisotopic (exact) mass is 300 g/mol. The predicted octanol–water partition coefficient (Wildman–Crippen LogP) is 1.42. The Labute approximate surface area is 122 Å². The Balaban J connectivity index is 2.38. The van der Waals surface area contributed by atoms with Gasteiger partial charge in [-0.1, -0.05) is 19.9 Å². The Bertz CT molecular complexity index is 445. The van der Waals surface area contributed by atoms with Crippen LogP contribution in [0.5, 0.6) is 0 Å². The highest BCUT2D eigenvalue weighted by molar-refractivity contribution is 7.10. The molecule has 0 aliphatic carbocycles. The van der Waals surface area contributed by atoms with Gasteiger partial charge in [-0.05, 0) is 11.4 Å². The molecular weight excluding hydrogens is 280 g/mol. The third kappa shape index (κ3) is 4.82. The summed E-state index contributed by atoms with van der Waals surface area (Å²) >= 11 is 1.64. The number of thiophene rings is 1. The van der Waals surface area contributed by atoms with Gasteiger partial charge in [-0.15, -0.1) is 11.3 Å². The number of rotatable bonds is 7. The van der Waals surface area contributed by atoms with Gasteiger partial charge in [0.2, 0.25) is 0 Å². The van der Waals surface area contributed by atoms with Crippen LogP contribution in [-0.4, -0.2) is 43.4 Å². The molecule has 0 fully saturated rings. The van der Waals surface area contributed by atoms with Gasteiger partial charge in [0, 0.05) is 23.9 Å². The number of carboxylic acid groups (broad SMARTS) is 1. The topological polar surface area (TPSA) is 87.7 Å². The molecule has 1 unspecified atom stereocenters. The third-order valence-electron chi connectivity index (χ3n) is 2.89. The second-order valence-corrected chi connectivity index (χ2v) is 5.94. The van der Waals surface area contributed by atoms with Crippen molar-refractivity contribution in [2.45, 2.75) is 25.4 Å². The van der Waals surface area contributed by atoms with E-state index in [2.05, 4.69) is 10.6 Å². The highest BCUT2D eigenvalue weighted by atomic mass is 32.1. The zero-order chi connectivity index (χ0) is 15.2. The minimum Gasteiger partial charge on any atom is -0.479 e. The maximum absolute atomic E-state index is 11.6. The molecule has 1 atom stereocenters. The summed E-state index contributed by atoms with van der Waals surface area (Å²) in [5, 5.41) is 16.0. The number of carbonyl (C=O) groups excluding carboxylic acids is 1. The van der Waals surface area contributed by atoms with Crippen molar-refractivity contribution in [3.05, 3.63) is 22.4 Å². The van der Waals surface area contributed by atoms with E-state index < -0.39 is 18.1 Å². The molecule has 1 heterocycles. The molecule has 20 heavy (non-hydrogen) atoms. The summed E-state index contributed by atoms with van der Waals surface area (Å²) in [6, 6.07) is 3.59. The third-order valence-corrected chi connectivity index (χ3v) is 4.12. The number of urea groups is 1. The molecule has 1 aromatic rings. The van der Waals surface area contributed by atoms with Crippen LogP contribution in [0.3, 0.4) is 0 Å². The molecule has 7 heteroatoms. The quantitative estimate of drug-likeness (QED) is 0.711. The van der Waals surface area contributed by atoms with Crippen LogP contribution in [0.15, 0.2) is 17.5 Å². The van der Waals surface area contributed by atoms with Crippen LogP contribution in [0, 0.1) is 0 Å². The second kappa shape index (κ2) is 7.25.